The highest BCUT2D eigenvalue weighted by molar-refractivity contribution is 5.94. The molecule has 3 heterocycles. The smallest absolute Gasteiger partial charge is 0.279 e. The summed E-state index contributed by atoms with van der Waals surface area (Å²) in [5.41, 5.74) is 1.86. The number of pyridine rings is 1. The van der Waals surface area contributed by atoms with Gasteiger partial charge in [-0.2, -0.15) is 5.10 Å². The Bertz CT molecular complexity index is 1170. The lowest BCUT2D eigenvalue weighted by Gasteiger charge is -2.15. The van der Waals surface area contributed by atoms with Crippen LogP contribution < -0.4 is 10.3 Å². The number of unbranched alkanes of at least 4 members (excludes halogenated alkanes) is 1. The summed E-state index contributed by atoms with van der Waals surface area (Å²) in [6, 6.07) is 1.59. The van der Waals surface area contributed by atoms with Gasteiger partial charge in [-0.1, -0.05) is 20.3 Å². The molecular weight excluding hydrogens is 428 g/mol. The minimum Gasteiger partial charge on any atom is -0.477 e. The zero-order chi connectivity index (χ0) is 24.0. The molecule has 11 heteroatoms. The highest BCUT2D eigenvalue weighted by Gasteiger charge is 2.21. The van der Waals surface area contributed by atoms with E-state index in [-0.39, 0.29) is 28.3 Å². The summed E-state index contributed by atoms with van der Waals surface area (Å²) in [7, 11) is 4.51. The number of H-pyrrole nitrogens is 1. The number of nitrogens with one attached hydrogen (secondary N) is 1. The SMILES string of the molecule is CCCCOc1ncc(C(=O)N(C)OC)cc1-c1nc2c(CC)n(CCOC)nc2c(=O)[nH]1. The van der Waals surface area contributed by atoms with Gasteiger partial charge in [0.05, 0.1) is 43.7 Å². The van der Waals surface area contributed by atoms with Gasteiger partial charge in [0.2, 0.25) is 5.88 Å². The average Bonchev–Trinajstić information content (AvgIpc) is 3.19. The number of rotatable bonds is 11. The number of carbonyl (C=O) groups is 1. The molecule has 3 rings (SSSR count). The molecule has 3 aromatic rings. The van der Waals surface area contributed by atoms with Gasteiger partial charge < -0.3 is 14.5 Å². The average molecular weight is 459 g/mol. The van der Waals surface area contributed by atoms with E-state index in [1.807, 2.05) is 6.92 Å². The molecule has 0 atom stereocenters. The summed E-state index contributed by atoms with van der Waals surface area (Å²) in [6.07, 6.45) is 3.83. The summed E-state index contributed by atoms with van der Waals surface area (Å²) in [5, 5.41) is 5.51. The second kappa shape index (κ2) is 11.0. The first-order valence-corrected chi connectivity index (χ1v) is 10.9. The molecule has 0 aliphatic heterocycles. The van der Waals surface area contributed by atoms with E-state index in [1.54, 1.807) is 17.9 Å². The Morgan fingerprint density at radius 2 is 2.00 bits per heavy atom. The third-order valence-electron chi connectivity index (χ3n) is 5.19. The van der Waals surface area contributed by atoms with Gasteiger partial charge in [0.1, 0.15) is 11.3 Å². The number of nitrogens with zero attached hydrogens (tertiary/aromatic N) is 5. The van der Waals surface area contributed by atoms with Crippen molar-refractivity contribution in [3.63, 3.8) is 0 Å². The van der Waals surface area contributed by atoms with Crippen molar-refractivity contribution >= 4 is 16.9 Å². The van der Waals surface area contributed by atoms with Crippen LogP contribution in [0.2, 0.25) is 0 Å². The van der Waals surface area contributed by atoms with Crippen LogP contribution in [0.4, 0.5) is 0 Å². The molecule has 178 valence electrons. The lowest BCUT2D eigenvalue weighted by atomic mass is 10.1. The number of amides is 1. The molecule has 0 aliphatic carbocycles. The molecule has 0 aliphatic rings. The summed E-state index contributed by atoms with van der Waals surface area (Å²) in [5.74, 6) is 0.144. The maximum atomic E-state index is 12.9. The minimum absolute atomic E-state index is 0.250. The summed E-state index contributed by atoms with van der Waals surface area (Å²) >= 11 is 0. The van der Waals surface area contributed by atoms with Crippen molar-refractivity contribution in [3.05, 3.63) is 33.9 Å². The summed E-state index contributed by atoms with van der Waals surface area (Å²) in [6.45, 7) is 5.44. The monoisotopic (exact) mass is 458 g/mol. The van der Waals surface area contributed by atoms with Crippen LogP contribution in [0.15, 0.2) is 17.1 Å². The van der Waals surface area contributed by atoms with Crippen LogP contribution in [-0.2, 0) is 22.5 Å². The molecule has 0 aromatic carbocycles. The maximum absolute atomic E-state index is 12.9. The van der Waals surface area contributed by atoms with E-state index in [0.29, 0.717) is 37.3 Å². The molecule has 1 amide bonds. The Hall–Kier alpha value is -3.31. The first-order chi connectivity index (χ1) is 15.9. The van der Waals surface area contributed by atoms with Crippen molar-refractivity contribution in [2.24, 2.45) is 0 Å². The molecule has 3 aromatic heterocycles. The largest absolute Gasteiger partial charge is 0.477 e. The molecule has 0 saturated heterocycles. The zero-order valence-corrected chi connectivity index (χ0v) is 19.7. The fourth-order valence-corrected chi connectivity index (χ4v) is 3.34. The number of hydrogen-bond acceptors (Lipinski definition) is 8. The standard InChI is InChI=1S/C22H30N6O5/c1-6-8-10-33-21-15(12-14(13-23-21)22(30)27(3)32-5)19-24-17-16(7-2)28(9-11-31-4)26-18(17)20(29)25-19/h12-13H,6-11H2,1-5H3,(H,24,25,29). The molecule has 11 nitrogen and oxygen atoms in total. The predicted octanol–water partition coefficient (Wildman–Crippen LogP) is 2.20. The van der Waals surface area contributed by atoms with Crippen LogP contribution in [0, 0.1) is 0 Å². The fraction of sp³-hybridized carbons (Fsp3) is 0.500. The van der Waals surface area contributed by atoms with Crippen LogP contribution in [0.25, 0.3) is 22.4 Å². The van der Waals surface area contributed by atoms with E-state index in [0.717, 1.165) is 23.6 Å². The van der Waals surface area contributed by atoms with E-state index in [4.69, 9.17) is 19.3 Å². The second-order valence-electron chi connectivity index (χ2n) is 7.39. The minimum atomic E-state index is -0.392. The highest BCUT2D eigenvalue weighted by Crippen LogP contribution is 2.28. The van der Waals surface area contributed by atoms with Gasteiger partial charge in [-0.25, -0.2) is 15.0 Å². The van der Waals surface area contributed by atoms with Crippen LogP contribution in [0.3, 0.4) is 0 Å². The zero-order valence-electron chi connectivity index (χ0n) is 19.7. The predicted molar refractivity (Wildman–Crippen MR) is 122 cm³/mol. The Morgan fingerprint density at radius 3 is 2.67 bits per heavy atom. The van der Waals surface area contributed by atoms with E-state index in [1.165, 1.54) is 20.4 Å². The Morgan fingerprint density at radius 1 is 1.21 bits per heavy atom. The molecule has 0 radical (unpaired) electrons. The quantitative estimate of drug-likeness (QED) is 0.343. The lowest BCUT2D eigenvalue weighted by Crippen LogP contribution is -2.25. The van der Waals surface area contributed by atoms with Crippen LogP contribution >= 0.6 is 0 Å². The van der Waals surface area contributed by atoms with E-state index in [2.05, 4.69) is 22.0 Å². The normalized spacial score (nSPS) is 11.2. The molecule has 0 bridgehead atoms. The molecule has 0 fully saturated rings. The van der Waals surface area contributed by atoms with Crippen molar-refractivity contribution in [1.82, 2.24) is 29.8 Å². The van der Waals surface area contributed by atoms with Gasteiger partial charge in [0.25, 0.3) is 11.5 Å². The van der Waals surface area contributed by atoms with Crippen LogP contribution in [-0.4, -0.2) is 70.2 Å². The maximum Gasteiger partial charge on any atom is 0.279 e. The van der Waals surface area contributed by atoms with Crippen molar-refractivity contribution < 1.29 is 19.1 Å². The van der Waals surface area contributed by atoms with Crippen LogP contribution in [0.5, 0.6) is 5.88 Å². The number of ether oxygens (including phenoxy) is 2. The van der Waals surface area contributed by atoms with Crippen LogP contribution in [0.1, 0.15) is 42.7 Å². The number of hydrogen-bond donors (Lipinski definition) is 1. The first kappa shape index (κ1) is 24.3. The third kappa shape index (κ3) is 5.20. The number of aromatic nitrogens is 5. The van der Waals surface area contributed by atoms with E-state index < -0.39 is 5.91 Å². The molecule has 33 heavy (non-hydrogen) atoms. The van der Waals surface area contributed by atoms with Gasteiger partial charge in [-0.05, 0) is 18.9 Å². The third-order valence-corrected chi connectivity index (χ3v) is 5.19. The number of hydroxylamine groups is 2. The topological polar surface area (TPSA) is 124 Å². The van der Waals surface area contributed by atoms with Gasteiger partial charge >= 0.3 is 0 Å². The number of fused-ring (bicyclic) bond motifs is 1. The molecule has 0 spiro atoms. The molecule has 0 saturated carbocycles. The van der Waals surface area contributed by atoms with Gasteiger partial charge in [-0.3, -0.25) is 19.1 Å². The first-order valence-electron chi connectivity index (χ1n) is 10.9. The van der Waals surface area contributed by atoms with E-state index in [9.17, 15) is 9.59 Å². The molecule has 1 N–H and O–H groups in total. The van der Waals surface area contributed by atoms with Crippen molar-refractivity contribution in [2.45, 2.75) is 39.7 Å². The van der Waals surface area contributed by atoms with Crippen molar-refractivity contribution in [2.75, 3.05) is 34.5 Å². The van der Waals surface area contributed by atoms with Gasteiger partial charge in [0.15, 0.2) is 5.52 Å². The summed E-state index contributed by atoms with van der Waals surface area (Å²) in [4.78, 5) is 42.3. The highest BCUT2D eigenvalue weighted by atomic mass is 16.7. The van der Waals surface area contributed by atoms with Crippen molar-refractivity contribution in [3.8, 4) is 17.3 Å². The number of aromatic amines is 1. The van der Waals surface area contributed by atoms with Crippen molar-refractivity contribution in [1.29, 1.82) is 0 Å². The Kier molecular flexibility index (Phi) is 8.12. The fourth-order valence-electron chi connectivity index (χ4n) is 3.34. The van der Waals surface area contributed by atoms with E-state index >= 15 is 0 Å². The molecule has 0 unspecified atom stereocenters. The lowest BCUT2D eigenvalue weighted by molar-refractivity contribution is -0.0757. The van der Waals surface area contributed by atoms with Gasteiger partial charge in [0, 0.05) is 20.4 Å². The number of carbonyl (C=O) groups excluding carboxylic acids is 1. The number of aryl methyl sites for hydroxylation is 1. The Labute approximate surface area is 191 Å². The number of methoxy groups -OCH3 is 1. The second-order valence-corrected chi connectivity index (χ2v) is 7.39. The summed E-state index contributed by atoms with van der Waals surface area (Å²) < 4.78 is 12.7. The van der Waals surface area contributed by atoms with Gasteiger partial charge in [-0.15, -0.1) is 0 Å². The molecular formula is C22H30N6O5. The Balaban J connectivity index is 2.16.